The summed E-state index contributed by atoms with van der Waals surface area (Å²) in [5.74, 6) is 0.155. The van der Waals surface area contributed by atoms with Crippen molar-refractivity contribution in [1.29, 1.82) is 0 Å². The normalized spacial score (nSPS) is 21.6. The van der Waals surface area contributed by atoms with Crippen LogP contribution in [0.2, 0.25) is 0 Å². The Kier molecular flexibility index (Phi) is 3.64. The fourth-order valence-electron chi connectivity index (χ4n) is 1.88. The molecule has 0 spiro atoms. The van der Waals surface area contributed by atoms with Gasteiger partial charge in [-0.2, -0.15) is 0 Å². The van der Waals surface area contributed by atoms with Crippen LogP contribution in [0.15, 0.2) is 0 Å². The van der Waals surface area contributed by atoms with Crippen LogP contribution < -0.4 is 4.90 Å². The van der Waals surface area contributed by atoms with Crippen molar-refractivity contribution in [3.8, 4) is 0 Å². The van der Waals surface area contributed by atoms with E-state index < -0.39 is 0 Å². The van der Waals surface area contributed by atoms with Crippen LogP contribution in [-0.4, -0.2) is 22.3 Å². The standard InChI is InChI=1S/C11H15BrN2OS/c1-3-9-7(2)16-11(13-9)14-6-4-5-8(12)10(14)15/h8H,3-6H2,1-2H3. The molecule has 2 rings (SSSR count). The lowest BCUT2D eigenvalue weighted by atomic mass is 10.1. The van der Waals surface area contributed by atoms with Crippen molar-refractivity contribution in [3.63, 3.8) is 0 Å². The van der Waals surface area contributed by atoms with Gasteiger partial charge in [-0.05, 0) is 26.2 Å². The maximum absolute atomic E-state index is 12.0. The molecule has 16 heavy (non-hydrogen) atoms. The molecule has 0 aliphatic carbocycles. The lowest BCUT2D eigenvalue weighted by molar-refractivity contribution is -0.118. The lowest BCUT2D eigenvalue weighted by Crippen LogP contribution is -2.41. The summed E-state index contributed by atoms with van der Waals surface area (Å²) in [7, 11) is 0. The molecular formula is C11H15BrN2OS. The van der Waals surface area contributed by atoms with E-state index in [1.54, 1.807) is 11.3 Å². The summed E-state index contributed by atoms with van der Waals surface area (Å²) in [6.45, 7) is 4.97. The number of hydrogen-bond donors (Lipinski definition) is 0. The molecule has 88 valence electrons. The second kappa shape index (κ2) is 4.84. The molecule has 2 heterocycles. The van der Waals surface area contributed by atoms with Crippen LogP contribution in [0.25, 0.3) is 0 Å². The minimum atomic E-state index is -0.0319. The predicted octanol–water partition coefficient (Wildman–Crippen LogP) is 2.90. The van der Waals surface area contributed by atoms with E-state index in [0.29, 0.717) is 0 Å². The second-order valence-electron chi connectivity index (χ2n) is 3.95. The second-order valence-corrected chi connectivity index (χ2v) is 6.24. The fraction of sp³-hybridized carbons (Fsp3) is 0.636. The van der Waals surface area contributed by atoms with E-state index in [-0.39, 0.29) is 10.7 Å². The molecule has 0 bridgehead atoms. The highest BCUT2D eigenvalue weighted by Gasteiger charge is 2.29. The van der Waals surface area contributed by atoms with Crippen molar-refractivity contribution in [2.75, 3.05) is 11.4 Å². The number of nitrogens with zero attached hydrogens (tertiary/aromatic N) is 2. The van der Waals surface area contributed by atoms with Crippen molar-refractivity contribution < 1.29 is 4.79 Å². The summed E-state index contributed by atoms with van der Waals surface area (Å²) in [4.78, 5) is 19.5. The van der Waals surface area contributed by atoms with Gasteiger partial charge in [0.05, 0.1) is 10.5 Å². The zero-order valence-corrected chi connectivity index (χ0v) is 11.9. The van der Waals surface area contributed by atoms with E-state index in [1.165, 1.54) is 4.88 Å². The quantitative estimate of drug-likeness (QED) is 0.787. The van der Waals surface area contributed by atoms with Crippen LogP contribution in [0.3, 0.4) is 0 Å². The van der Waals surface area contributed by atoms with Crippen molar-refractivity contribution in [3.05, 3.63) is 10.6 Å². The SMILES string of the molecule is CCc1nc(N2CCCC(Br)C2=O)sc1C. The number of aromatic nitrogens is 1. The Bertz CT molecular complexity index is 405. The zero-order valence-electron chi connectivity index (χ0n) is 9.49. The van der Waals surface area contributed by atoms with E-state index in [0.717, 1.165) is 36.6 Å². The number of carbonyl (C=O) groups is 1. The molecule has 1 fully saturated rings. The Morgan fingerprint density at radius 2 is 2.38 bits per heavy atom. The number of anilines is 1. The fourth-order valence-corrected chi connectivity index (χ4v) is 3.48. The Balaban J connectivity index is 2.25. The largest absolute Gasteiger partial charge is 0.287 e. The maximum atomic E-state index is 12.0. The predicted molar refractivity (Wildman–Crippen MR) is 70.5 cm³/mol. The van der Waals surface area contributed by atoms with E-state index in [2.05, 4.69) is 34.8 Å². The van der Waals surface area contributed by atoms with Crippen LogP contribution in [-0.2, 0) is 11.2 Å². The average molecular weight is 303 g/mol. The molecule has 1 unspecified atom stereocenters. The number of thiazole rings is 1. The Hall–Kier alpha value is -0.420. The summed E-state index contributed by atoms with van der Waals surface area (Å²) in [6, 6.07) is 0. The molecular weight excluding hydrogens is 288 g/mol. The minimum Gasteiger partial charge on any atom is -0.287 e. The van der Waals surface area contributed by atoms with Gasteiger partial charge in [0.25, 0.3) is 0 Å². The molecule has 1 aromatic rings. The van der Waals surface area contributed by atoms with Gasteiger partial charge in [0.1, 0.15) is 0 Å². The molecule has 0 aromatic carbocycles. The molecule has 3 nitrogen and oxygen atoms in total. The first-order chi connectivity index (χ1) is 7.63. The molecule has 1 amide bonds. The first-order valence-electron chi connectivity index (χ1n) is 5.55. The third-order valence-corrected chi connectivity index (χ3v) is 4.71. The highest BCUT2D eigenvalue weighted by Crippen LogP contribution is 2.30. The van der Waals surface area contributed by atoms with Crippen LogP contribution in [0.4, 0.5) is 5.13 Å². The summed E-state index contributed by atoms with van der Waals surface area (Å²) in [6.07, 6.45) is 2.91. The average Bonchev–Trinajstić information content (AvgIpc) is 2.63. The van der Waals surface area contributed by atoms with Crippen molar-refractivity contribution in [2.45, 2.75) is 37.9 Å². The highest BCUT2D eigenvalue weighted by molar-refractivity contribution is 9.10. The molecule has 1 saturated heterocycles. The van der Waals surface area contributed by atoms with Crippen molar-refractivity contribution in [2.24, 2.45) is 0 Å². The zero-order chi connectivity index (χ0) is 11.7. The van der Waals surface area contributed by atoms with Gasteiger partial charge < -0.3 is 0 Å². The van der Waals surface area contributed by atoms with Gasteiger partial charge in [-0.1, -0.05) is 22.9 Å². The molecule has 0 saturated carbocycles. The number of aryl methyl sites for hydroxylation is 2. The molecule has 5 heteroatoms. The third-order valence-electron chi connectivity index (χ3n) is 2.82. The smallest absolute Gasteiger partial charge is 0.242 e. The number of piperidine rings is 1. The van der Waals surface area contributed by atoms with Crippen LogP contribution in [0.5, 0.6) is 0 Å². The van der Waals surface area contributed by atoms with Crippen LogP contribution in [0.1, 0.15) is 30.3 Å². The summed E-state index contributed by atoms with van der Waals surface area (Å²) in [5.41, 5.74) is 1.12. The maximum Gasteiger partial charge on any atom is 0.242 e. The monoisotopic (exact) mass is 302 g/mol. The number of alkyl halides is 1. The molecule has 1 aliphatic heterocycles. The van der Waals surface area contributed by atoms with Crippen LogP contribution in [0, 0.1) is 6.92 Å². The number of amides is 1. The van der Waals surface area contributed by atoms with Gasteiger partial charge in [0.15, 0.2) is 5.13 Å². The first-order valence-corrected chi connectivity index (χ1v) is 7.28. The van der Waals surface area contributed by atoms with E-state index in [9.17, 15) is 4.79 Å². The van der Waals surface area contributed by atoms with Crippen LogP contribution >= 0.6 is 27.3 Å². The molecule has 0 radical (unpaired) electrons. The van der Waals surface area contributed by atoms with E-state index >= 15 is 0 Å². The Morgan fingerprint density at radius 3 is 3.00 bits per heavy atom. The number of hydrogen-bond acceptors (Lipinski definition) is 3. The summed E-state index contributed by atoms with van der Waals surface area (Å²) >= 11 is 5.04. The Labute approximate surface area is 108 Å². The van der Waals surface area contributed by atoms with Gasteiger partial charge in [0.2, 0.25) is 5.91 Å². The summed E-state index contributed by atoms with van der Waals surface area (Å²) in [5, 5.41) is 0.864. The first kappa shape index (κ1) is 12.0. The topological polar surface area (TPSA) is 33.2 Å². The molecule has 1 aliphatic rings. The van der Waals surface area contributed by atoms with Gasteiger partial charge in [0, 0.05) is 11.4 Å². The minimum absolute atomic E-state index is 0.0319. The lowest BCUT2D eigenvalue weighted by Gasteiger charge is -2.27. The molecule has 0 N–H and O–H groups in total. The van der Waals surface area contributed by atoms with Gasteiger partial charge in [-0.25, -0.2) is 4.98 Å². The van der Waals surface area contributed by atoms with E-state index in [4.69, 9.17) is 0 Å². The summed E-state index contributed by atoms with van der Waals surface area (Å²) < 4.78 is 0. The third kappa shape index (κ3) is 2.15. The Morgan fingerprint density at radius 1 is 1.62 bits per heavy atom. The van der Waals surface area contributed by atoms with E-state index in [1.807, 2.05) is 4.90 Å². The highest BCUT2D eigenvalue weighted by atomic mass is 79.9. The van der Waals surface area contributed by atoms with Crippen molar-refractivity contribution >= 4 is 38.3 Å². The molecule has 1 aromatic heterocycles. The number of rotatable bonds is 2. The molecule has 1 atom stereocenters. The van der Waals surface area contributed by atoms with Gasteiger partial charge >= 0.3 is 0 Å². The van der Waals surface area contributed by atoms with Gasteiger partial charge in [-0.3, -0.25) is 9.69 Å². The number of carbonyl (C=O) groups excluding carboxylic acids is 1. The number of halogens is 1. The van der Waals surface area contributed by atoms with Crippen molar-refractivity contribution in [1.82, 2.24) is 4.98 Å². The van der Waals surface area contributed by atoms with Gasteiger partial charge in [-0.15, -0.1) is 11.3 Å².